The zero-order chi connectivity index (χ0) is 21.1. The maximum atomic E-state index is 12.8. The van der Waals surface area contributed by atoms with Crippen LogP contribution in [0.1, 0.15) is 50.0 Å². The van der Waals surface area contributed by atoms with Crippen LogP contribution in [0.5, 0.6) is 5.75 Å². The predicted octanol–water partition coefficient (Wildman–Crippen LogP) is 3.33. The summed E-state index contributed by atoms with van der Waals surface area (Å²) in [5, 5.41) is 10.3. The Bertz CT molecular complexity index is 869. The Kier molecular flexibility index (Phi) is 6.54. The Morgan fingerprint density at radius 3 is 2.50 bits per heavy atom. The van der Waals surface area contributed by atoms with Crippen molar-refractivity contribution in [3.63, 3.8) is 0 Å². The zero-order valence-electron chi connectivity index (χ0n) is 18.1. The van der Waals surface area contributed by atoms with Crippen LogP contribution in [0.3, 0.4) is 0 Å². The molecule has 2 aliphatic heterocycles. The first-order chi connectivity index (χ1) is 14.5. The number of amides is 1. The molecule has 0 unspecified atom stereocenters. The highest BCUT2D eigenvalue weighted by Crippen LogP contribution is 2.25. The van der Waals surface area contributed by atoms with Gasteiger partial charge in [0.05, 0.1) is 5.52 Å². The first kappa shape index (κ1) is 21.1. The maximum Gasteiger partial charge on any atom is 0.272 e. The third-order valence-corrected chi connectivity index (χ3v) is 6.55. The van der Waals surface area contributed by atoms with Crippen LogP contribution in [0, 0.1) is 5.92 Å². The number of ether oxygens (including phenoxy) is 1. The highest BCUT2D eigenvalue weighted by molar-refractivity contribution is 5.95. The Balaban J connectivity index is 1.40. The first-order valence-corrected chi connectivity index (χ1v) is 11.2. The molecule has 2 aliphatic rings. The van der Waals surface area contributed by atoms with Crippen LogP contribution in [0.2, 0.25) is 0 Å². The number of likely N-dealkylation sites (tertiary alicyclic amines) is 2. The van der Waals surface area contributed by atoms with E-state index in [0.29, 0.717) is 30.7 Å². The lowest BCUT2D eigenvalue weighted by atomic mass is 9.97. The van der Waals surface area contributed by atoms with Gasteiger partial charge in [-0.25, -0.2) is 4.98 Å². The molecule has 3 heterocycles. The van der Waals surface area contributed by atoms with Crippen molar-refractivity contribution in [2.24, 2.45) is 5.92 Å². The number of hydrogen-bond donors (Lipinski definition) is 1. The van der Waals surface area contributed by atoms with Crippen molar-refractivity contribution in [2.75, 3.05) is 32.8 Å². The number of aromatic nitrogens is 1. The summed E-state index contributed by atoms with van der Waals surface area (Å²) in [7, 11) is 0. The van der Waals surface area contributed by atoms with E-state index < -0.39 is 0 Å². The average Bonchev–Trinajstić information content (AvgIpc) is 2.78. The Morgan fingerprint density at radius 1 is 1.10 bits per heavy atom. The van der Waals surface area contributed by atoms with Gasteiger partial charge in [-0.1, -0.05) is 6.07 Å². The molecule has 162 valence electrons. The summed E-state index contributed by atoms with van der Waals surface area (Å²) in [5.41, 5.74) is 1.30. The molecule has 0 radical (unpaired) electrons. The van der Waals surface area contributed by atoms with Crippen molar-refractivity contribution in [3.05, 3.63) is 36.0 Å². The van der Waals surface area contributed by atoms with E-state index in [2.05, 4.69) is 23.7 Å². The zero-order valence-corrected chi connectivity index (χ0v) is 18.1. The quantitative estimate of drug-likeness (QED) is 0.818. The van der Waals surface area contributed by atoms with E-state index >= 15 is 0 Å². The molecule has 30 heavy (non-hydrogen) atoms. The lowest BCUT2D eigenvalue weighted by molar-refractivity contribution is 0.0645. The fourth-order valence-electron chi connectivity index (χ4n) is 4.48. The van der Waals surface area contributed by atoms with Gasteiger partial charge in [0.15, 0.2) is 0 Å². The summed E-state index contributed by atoms with van der Waals surface area (Å²) in [6.45, 7) is 8.23. The molecule has 0 aliphatic carbocycles. The summed E-state index contributed by atoms with van der Waals surface area (Å²) < 4.78 is 6.23. The summed E-state index contributed by atoms with van der Waals surface area (Å²) in [6, 6.07) is 10.3. The number of fused-ring (bicyclic) bond motifs is 1. The maximum absolute atomic E-state index is 12.8. The number of aliphatic hydroxyl groups excluding tert-OH is 1. The molecular formula is C24H33N3O3. The van der Waals surface area contributed by atoms with Gasteiger partial charge in [-0.3, -0.25) is 4.79 Å². The second kappa shape index (κ2) is 9.31. The SMILES string of the molecule is CC(C)N1CCC(Oc2ccc3nc(C(=O)N4CCC(CO)CC4)ccc3c2)CC1. The normalized spacial score (nSPS) is 19.5. The molecule has 6 heteroatoms. The molecule has 1 aromatic heterocycles. The minimum atomic E-state index is -0.0227. The number of carbonyl (C=O) groups is 1. The number of benzene rings is 1. The van der Waals surface area contributed by atoms with Crippen molar-refractivity contribution in [1.29, 1.82) is 0 Å². The summed E-state index contributed by atoms with van der Waals surface area (Å²) >= 11 is 0. The van der Waals surface area contributed by atoms with E-state index in [1.165, 1.54) is 0 Å². The topological polar surface area (TPSA) is 65.9 Å². The fourth-order valence-corrected chi connectivity index (χ4v) is 4.48. The smallest absolute Gasteiger partial charge is 0.272 e. The second-order valence-corrected chi connectivity index (χ2v) is 8.92. The van der Waals surface area contributed by atoms with E-state index in [-0.39, 0.29) is 18.6 Å². The van der Waals surface area contributed by atoms with Gasteiger partial charge in [-0.05, 0) is 69.7 Å². The Morgan fingerprint density at radius 2 is 1.83 bits per heavy atom. The molecule has 2 fully saturated rings. The number of aliphatic hydroxyl groups is 1. The van der Waals surface area contributed by atoms with Crippen molar-refractivity contribution in [2.45, 2.75) is 51.7 Å². The molecule has 1 N–H and O–H groups in total. The molecule has 0 spiro atoms. The number of piperidine rings is 2. The molecule has 2 saturated heterocycles. The lowest BCUT2D eigenvalue weighted by Crippen LogP contribution is -2.41. The van der Waals surface area contributed by atoms with Crippen LogP contribution in [0.15, 0.2) is 30.3 Å². The third-order valence-electron chi connectivity index (χ3n) is 6.55. The van der Waals surface area contributed by atoms with Crippen molar-refractivity contribution < 1.29 is 14.6 Å². The van der Waals surface area contributed by atoms with Crippen molar-refractivity contribution in [1.82, 2.24) is 14.8 Å². The van der Waals surface area contributed by atoms with E-state index in [1.807, 2.05) is 35.2 Å². The standard InChI is InChI=1S/C24H33N3O3/c1-17(2)26-13-9-20(10-14-26)30-21-4-6-22-19(15-21)3-5-23(25-22)24(29)27-11-7-18(16-28)8-12-27/h3-6,15,17-18,20,28H,7-14,16H2,1-2H3. The van der Waals surface area contributed by atoms with Crippen molar-refractivity contribution in [3.8, 4) is 5.75 Å². The van der Waals surface area contributed by atoms with Crippen LogP contribution < -0.4 is 4.74 Å². The molecule has 1 amide bonds. The van der Waals surface area contributed by atoms with Gasteiger partial charge >= 0.3 is 0 Å². The van der Waals surface area contributed by atoms with Crippen LogP contribution in [0.25, 0.3) is 10.9 Å². The summed E-state index contributed by atoms with van der Waals surface area (Å²) in [6.07, 6.45) is 4.07. The first-order valence-electron chi connectivity index (χ1n) is 11.2. The molecule has 1 aromatic carbocycles. The molecule has 6 nitrogen and oxygen atoms in total. The lowest BCUT2D eigenvalue weighted by Gasteiger charge is -2.34. The molecule has 0 atom stereocenters. The Labute approximate surface area is 178 Å². The van der Waals surface area contributed by atoms with Crippen LogP contribution in [-0.4, -0.2) is 70.7 Å². The van der Waals surface area contributed by atoms with E-state index in [1.54, 1.807) is 0 Å². The molecule has 4 rings (SSSR count). The molecule has 0 bridgehead atoms. The largest absolute Gasteiger partial charge is 0.490 e. The van der Waals surface area contributed by atoms with E-state index in [4.69, 9.17) is 4.74 Å². The molecule has 2 aromatic rings. The second-order valence-electron chi connectivity index (χ2n) is 8.92. The minimum absolute atomic E-state index is 0.0227. The number of nitrogens with zero attached hydrogens (tertiary/aromatic N) is 3. The third kappa shape index (κ3) is 4.76. The van der Waals surface area contributed by atoms with E-state index in [0.717, 1.165) is 55.4 Å². The summed E-state index contributed by atoms with van der Waals surface area (Å²) in [4.78, 5) is 21.8. The highest BCUT2D eigenvalue weighted by Gasteiger charge is 2.24. The van der Waals surface area contributed by atoms with Gasteiger partial charge in [0, 0.05) is 44.2 Å². The monoisotopic (exact) mass is 411 g/mol. The van der Waals surface area contributed by atoms with E-state index in [9.17, 15) is 9.90 Å². The van der Waals surface area contributed by atoms with Gasteiger partial charge < -0.3 is 19.6 Å². The average molecular weight is 412 g/mol. The van der Waals surface area contributed by atoms with Gasteiger partial charge in [0.25, 0.3) is 5.91 Å². The van der Waals surface area contributed by atoms with Gasteiger partial charge in [0.1, 0.15) is 17.5 Å². The van der Waals surface area contributed by atoms with Crippen molar-refractivity contribution >= 4 is 16.8 Å². The van der Waals surface area contributed by atoms with Crippen LogP contribution in [0.4, 0.5) is 0 Å². The van der Waals surface area contributed by atoms with Gasteiger partial charge in [0.2, 0.25) is 0 Å². The molecule has 0 saturated carbocycles. The number of pyridine rings is 1. The fraction of sp³-hybridized carbons (Fsp3) is 0.583. The van der Waals surface area contributed by atoms with Gasteiger partial charge in [-0.2, -0.15) is 0 Å². The Hall–Kier alpha value is -2.18. The van der Waals surface area contributed by atoms with Crippen LogP contribution in [-0.2, 0) is 0 Å². The number of carbonyl (C=O) groups excluding carboxylic acids is 1. The summed E-state index contributed by atoms with van der Waals surface area (Å²) in [5.74, 6) is 1.16. The highest BCUT2D eigenvalue weighted by atomic mass is 16.5. The van der Waals surface area contributed by atoms with Crippen LogP contribution >= 0.6 is 0 Å². The van der Waals surface area contributed by atoms with Gasteiger partial charge in [-0.15, -0.1) is 0 Å². The minimum Gasteiger partial charge on any atom is -0.490 e. The molecular weight excluding hydrogens is 378 g/mol. The number of hydrogen-bond acceptors (Lipinski definition) is 5. The predicted molar refractivity (Wildman–Crippen MR) is 118 cm³/mol. The number of rotatable bonds is 5.